The minimum absolute atomic E-state index is 0.0369. The van der Waals surface area contributed by atoms with Crippen LogP contribution in [-0.4, -0.2) is 77.8 Å². The van der Waals surface area contributed by atoms with Gasteiger partial charge < -0.3 is 9.88 Å². The van der Waals surface area contributed by atoms with Crippen LogP contribution >= 0.6 is 0 Å². The Morgan fingerprint density at radius 1 is 1.24 bits per heavy atom. The summed E-state index contributed by atoms with van der Waals surface area (Å²) in [6, 6.07) is -0.368. The Hall–Kier alpha value is -1.74. The van der Waals surface area contributed by atoms with Crippen molar-refractivity contribution in [3.05, 3.63) is 27.4 Å². The van der Waals surface area contributed by atoms with Gasteiger partial charge in [-0.2, -0.15) is 4.98 Å². The summed E-state index contributed by atoms with van der Waals surface area (Å²) < 4.78 is 24.0. The first-order valence-electron chi connectivity index (χ1n) is 8.44. The van der Waals surface area contributed by atoms with Crippen LogP contribution in [0.1, 0.15) is 23.4 Å². The van der Waals surface area contributed by atoms with Gasteiger partial charge in [-0.05, 0) is 32.9 Å². The first-order valence-corrected chi connectivity index (χ1v) is 10.3. The largest absolute Gasteiger partial charge is 0.345 e. The molecule has 1 amide bonds. The summed E-state index contributed by atoms with van der Waals surface area (Å²) in [7, 11) is -1.18. The van der Waals surface area contributed by atoms with Gasteiger partial charge >= 0.3 is 5.69 Å². The lowest BCUT2D eigenvalue weighted by Crippen LogP contribution is -2.59. The van der Waals surface area contributed by atoms with Gasteiger partial charge in [0.05, 0.1) is 17.5 Å². The lowest BCUT2D eigenvalue weighted by atomic mass is 10.0. The minimum atomic E-state index is -3.10. The van der Waals surface area contributed by atoms with Gasteiger partial charge in [0.2, 0.25) is 5.91 Å². The molecular formula is C16H24N4O4S. The van der Waals surface area contributed by atoms with Crippen molar-refractivity contribution in [2.75, 3.05) is 31.6 Å². The quantitative estimate of drug-likeness (QED) is 0.754. The highest BCUT2D eigenvalue weighted by molar-refractivity contribution is 7.91. The van der Waals surface area contributed by atoms with Gasteiger partial charge in [0.1, 0.15) is 0 Å². The number of amides is 1. The molecule has 138 valence electrons. The Kier molecular flexibility index (Phi) is 4.72. The number of sulfone groups is 1. The Morgan fingerprint density at radius 3 is 2.60 bits per heavy atom. The van der Waals surface area contributed by atoms with Crippen LogP contribution in [0.3, 0.4) is 0 Å². The molecular weight excluding hydrogens is 344 g/mol. The number of carbonyl (C=O) groups excluding carboxylic acids is 1. The van der Waals surface area contributed by atoms with Crippen molar-refractivity contribution in [1.29, 1.82) is 0 Å². The van der Waals surface area contributed by atoms with Crippen LogP contribution in [0.2, 0.25) is 0 Å². The normalized spacial score (nSPS) is 25.8. The molecule has 0 radical (unpaired) electrons. The molecule has 2 aliphatic heterocycles. The number of rotatable bonds is 3. The highest BCUT2D eigenvalue weighted by Crippen LogP contribution is 2.26. The average molecular weight is 368 g/mol. The summed E-state index contributed by atoms with van der Waals surface area (Å²) in [6.07, 6.45) is 0.763. The van der Waals surface area contributed by atoms with Crippen LogP contribution in [-0.2, 0) is 21.1 Å². The molecule has 0 saturated carbocycles. The zero-order chi connectivity index (χ0) is 18.4. The van der Waals surface area contributed by atoms with Gasteiger partial charge in [-0.15, -0.1) is 0 Å². The summed E-state index contributed by atoms with van der Waals surface area (Å²) in [5.74, 6) is 0.136. The molecule has 8 nitrogen and oxygen atoms in total. The molecule has 0 bridgehead atoms. The van der Waals surface area contributed by atoms with Crippen molar-refractivity contribution >= 4 is 15.7 Å². The fourth-order valence-electron chi connectivity index (χ4n) is 3.93. The van der Waals surface area contributed by atoms with Crippen molar-refractivity contribution < 1.29 is 13.2 Å². The monoisotopic (exact) mass is 368 g/mol. The predicted molar refractivity (Wildman–Crippen MR) is 93.2 cm³/mol. The number of H-pyrrole nitrogens is 1. The van der Waals surface area contributed by atoms with E-state index in [1.54, 1.807) is 18.7 Å². The number of hydrogen-bond acceptors (Lipinski definition) is 6. The molecule has 3 rings (SSSR count). The number of aryl methyl sites for hydroxylation is 2. The van der Waals surface area contributed by atoms with Gasteiger partial charge in [0, 0.05) is 36.9 Å². The average Bonchev–Trinajstić information content (AvgIpc) is 2.82. The third-order valence-electron chi connectivity index (χ3n) is 5.32. The van der Waals surface area contributed by atoms with Crippen molar-refractivity contribution in [1.82, 2.24) is 19.8 Å². The SMILES string of the molecule is Cc1nc(=O)[nH]c(C)c1CCC(=O)N1CCN(C)[C@H]2CS(=O)(=O)C[C@H]21. The third-order valence-corrected chi connectivity index (χ3v) is 7.01. The van der Waals surface area contributed by atoms with E-state index in [1.165, 1.54) is 0 Å². The van der Waals surface area contributed by atoms with Gasteiger partial charge in [-0.25, -0.2) is 13.2 Å². The van der Waals surface area contributed by atoms with Gasteiger partial charge in [0.15, 0.2) is 9.84 Å². The fourth-order valence-corrected chi connectivity index (χ4v) is 5.99. The summed E-state index contributed by atoms with van der Waals surface area (Å²) in [5, 5.41) is 0. The topological polar surface area (TPSA) is 103 Å². The fraction of sp³-hybridized carbons (Fsp3) is 0.688. The van der Waals surface area contributed by atoms with E-state index in [2.05, 4.69) is 9.97 Å². The van der Waals surface area contributed by atoms with E-state index in [4.69, 9.17) is 0 Å². The van der Waals surface area contributed by atoms with Gasteiger partial charge in [-0.1, -0.05) is 0 Å². The summed E-state index contributed by atoms with van der Waals surface area (Å²) in [4.78, 5) is 34.4. The lowest BCUT2D eigenvalue weighted by molar-refractivity contribution is -0.136. The maximum atomic E-state index is 12.7. The molecule has 2 aliphatic rings. The maximum absolute atomic E-state index is 12.7. The lowest BCUT2D eigenvalue weighted by Gasteiger charge is -2.42. The van der Waals surface area contributed by atoms with Crippen LogP contribution in [0.5, 0.6) is 0 Å². The van der Waals surface area contributed by atoms with Crippen LogP contribution in [0.4, 0.5) is 0 Å². The van der Waals surface area contributed by atoms with Crippen LogP contribution < -0.4 is 5.69 Å². The molecule has 2 saturated heterocycles. The summed E-state index contributed by atoms with van der Waals surface area (Å²) in [5.41, 5.74) is 1.85. The van der Waals surface area contributed by atoms with Crippen LogP contribution in [0, 0.1) is 13.8 Å². The second-order valence-corrected chi connectivity index (χ2v) is 9.16. The van der Waals surface area contributed by atoms with E-state index in [-0.39, 0.29) is 41.6 Å². The molecule has 9 heteroatoms. The zero-order valence-corrected chi connectivity index (χ0v) is 15.6. The molecule has 3 heterocycles. The second-order valence-electron chi connectivity index (χ2n) is 7.01. The molecule has 0 aromatic carbocycles. The first kappa shape index (κ1) is 18.1. The standard InChI is InChI=1S/C16H24N4O4S/c1-10-12(11(2)18-16(22)17-10)4-5-15(21)20-7-6-19(3)13-8-25(23,24)9-14(13)20/h13-14H,4-9H2,1-3H3,(H,17,18,22)/t13-,14+/m0/s1. The number of aromatic nitrogens is 2. The van der Waals surface area contributed by atoms with Crippen molar-refractivity contribution in [2.24, 2.45) is 0 Å². The number of hydrogen-bond donors (Lipinski definition) is 1. The van der Waals surface area contributed by atoms with E-state index in [9.17, 15) is 18.0 Å². The number of carbonyl (C=O) groups is 1. The Labute approximate surface area is 147 Å². The van der Waals surface area contributed by atoms with Crippen molar-refractivity contribution in [3.8, 4) is 0 Å². The smallest absolute Gasteiger partial charge is 0.336 e. The van der Waals surface area contributed by atoms with E-state index in [0.29, 0.717) is 25.2 Å². The molecule has 1 aromatic heterocycles. The number of likely N-dealkylation sites (N-methyl/N-ethyl adjacent to an activating group) is 1. The predicted octanol–water partition coefficient (Wildman–Crippen LogP) is -0.741. The molecule has 25 heavy (non-hydrogen) atoms. The first-order chi connectivity index (χ1) is 11.7. The minimum Gasteiger partial charge on any atom is -0.336 e. The molecule has 2 fully saturated rings. The van der Waals surface area contributed by atoms with E-state index >= 15 is 0 Å². The Bertz CT molecular complexity index is 822. The number of nitrogens with zero attached hydrogens (tertiary/aromatic N) is 3. The van der Waals surface area contributed by atoms with Crippen molar-refractivity contribution in [3.63, 3.8) is 0 Å². The summed E-state index contributed by atoms with van der Waals surface area (Å²) in [6.45, 7) is 4.79. The van der Waals surface area contributed by atoms with Gasteiger partial charge in [0.25, 0.3) is 0 Å². The highest BCUT2D eigenvalue weighted by Gasteiger charge is 2.46. The van der Waals surface area contributed by atoms with Crippen molar-refractivity contribution in [2.45, 2.75) is 38.8 Å². The number of nitrogens with one attached hydrogen (secondary N) is 1. The molecule has 2 atom stereocenters. The Balaban J connectivity index is 1.72. The zero-order valence-electron chi connectivity index (χ0n) is 14.8. The van der Waals surface area contributed by atoms with E-state index < -0.39 is 9.84 Å². The van der Waals surface area contributed by atoms with Crippen LogP contribution in [0.25, 0.3) is 0 Å². The Morgan fingerprint density at radius 2 is 1.92 bits per heavy atom. The molecule has 1 N–H and O–H groups in total. The number of aromatic amines is 1. The van der Waals surface area contributed by atoms with Crippen LogP contribution in [0.15, 0.2) is 4.79 Å². The molecule has 1 aromatic rings. The second kappa shape index (κ2) is 6.53. The number of fused-ring (bicyclic) bond motifs is 1. The molecule has 0 unspecified atom stereocenters. The third kappa shape index (κ3) is 3.62. The molecule has 0 spiro atoms. The number of piperazine rings is 1. The van der Waals surface area contributed by atoms with E-state index in [1.807, 2.05) is 11.9 Å². The highest BCUT2D eigenvalue weighted by atomic mass is 32.2. The maximum Gasteiger partial charge on any atom is 0.345 e. The van der Waals surface area contributed by atoms with Gasteiger partial charge in [-0.3, -0.25) is 9.69 Å². The molecule has 0 aliphatic carbocycles. The summed E-state index contributed by atoms with van der Waals surface area (Å²) >= 11 is 0. The van der Waals surface area contributed by atoms with E-state index in [0.717, 1.165) is 11.3 Å².